The summed E-state index contributed by atoms with van der Waals surface area (Å²) in [6.07, 6.45) is 3.22. The van der Waals surface area contributed by atoms with Crippen molar-refractivity contribution in [2.45, 2.75) is 25.8 Å². The molecule has 2 aliphatic rings. The van der Waals surface area contributed by atoms with Gasteiger partial charge in [-0.2, -0.15) is 5.26 Å². The molecule has 2 heterocycles. The molecule has 1 aromatic carbocycles. The first-order valence-electron chi connectivity index (χ1n) is 9.98. The Morgan fingerprint density at radius 2 is 1.92 bits per heavy atom. The minimum absolute atomic E-state index is 0.181. The van der Waals surface area contributed by atoms with Crippen molar-refractivity contribution in [3.8, 4) is 11.8 Å². The molecular formula is C21H32N4O. The fraction of sp³-hybridized carbons (Fsp3) is 0.667. The number of piperidine rings is 1. The largest absolute Gasteiger partial charge is 0.493 e. The molecule has 0 amide bonds. The van der Waals surface area contributed by atoms with Gasteiger partial charge in [0.05, 0.1) is 18.6 Å². The molecule has 0 bridgehead atoms. The van der Waals surface area contributed by atoms with Crippen LogP contribution in [0.15, 0.2) is 24.3 Å². The van der Waals surface area contributed by atoms with E-state index in [0.717, 1.165) is 57.8 Å². The summed E-state index contributed by atoms with van der Waals surface area (Å²) in [6.45, 7) is 9.41. The van der Waals surface area contributed by atoms with Crippen LogP contribution in [0.2, 0.25) is 0 Å². The van der Waals surface area contributed by atoms with Crippen molar-refractivity contribution in [1.29, 1.82) is 5.26 Å². The van der Waals surface area contributed by atoms with Crippen LogP contribution < -0.4 is 4.74 Å². The average Bonchev–Trinajstić information content (AvgIpc) is 2.68. The molecule has 0 radical (unpaired) electrons. The molecule has 0 spiro atoms. The van der Waals surface area contributed by atoms with E-state index in [2.05, 4.69) is 46.0 Å². The quantitative estimate of drug-likeness (QED) is 0.702. The Labute approximate surface area is 158 Å². The van der Waals surface area contributed by atoms with Crippen molar-refractivity contribution in [3.05, 3.63) is 29.8 Å². The number of hydrogen-bond acceptors (Lipinski definition) is 5. The molecule has 142 valence electrons. The summed E-state index contributed by atoms with van der Waals surface area (Å²) in [5.41, 5.74) is 1.24. The van der Waals surface area contributed by atoms with E-state index >= 15 is 0 Å². The Kier molecular flexibility index (Phi) is 7.31. The van der Waals surface area contributed by atoms with E-state index in [4.69, 9.17) is 4.74 Å². The molecule has 2 saturated heterocycles. The molecular weight excluding hydrogens is 324 g/mol. The maximum atomic E-state index is 9.19. The maximum absolute atomic E-state index is 9.19. The lowest BCUT2D eigenvalue weighted by Gasteiger charge is -2.32. The average molecular weight is 357 g/mol. The SMILES string of the molecule is CN1CCN(CCCOc2ccccc2CN2CCC[C@@H](C#N)C2)CC1. The summed E-state index contributed by atoms with van der Waals surface area (Å²) in [4.78, 5) is 7.32. The second-order valence-electron chi connectivity index (χ2n) is 7.66. The van der Waals surface area contributed by atoms with Gasteiger partial charge in [-0.15, -0.1) is 0 Å². The first-order chi connectivity index (χ1) is 12.7. The third kappa shape index (κ3) is 5.70. The number of nitrogens with zero attached hydrogens (tertiary/aromatic N) is 4. The van der Waals surface area contributed by atoms with E-state index in [-0.39, 0.29) is 5.92 Å². The Bertz CT molecular complexity index is 592. The fourth-order valence-corrected chi connectivity index (χ4v) is 3.86. The van der Waals surface area contributed by atoms with Gasteiger partial charge < -0.3 is 14.5 Å². The van der Waals surface area contributed by atoms with Crippen LogP contribution in [-0.4, -0.2) is 74.2 Å². The number of hydrogen-bond donors (Lipinski definition) is 0. The van der Waals surface area contributed by atoms with Gasteiger partial charge in [0.15, 0.2) is 0 Å². The van der Waals surface area contributed by atoms with Crippen molar-refractivity contribution in [1.82, 2.24) is 14.7 Å². The molecule has 3 rings (SSSR count). The minimum Gasteiger partial charge on any atom is -0.493 e. The normalized spacial score (nSPS) is 22.8. The van der Waals surface area contributed by atoms with Crippen molar-refractivity contribution in [2.24, 2.45) is 5.92 Å². The molecule has 0 unspecified atom stereocenters. The number of piperazine rings is 1. The summed E-state index contributed by atoms with van der Waals surface area (Å²) < 4.78 is 6.12. The molecule has 0 aliphatic carbocycles. The van der Waals surface area contributed by atoms with E-state index < -0.39 is 0 Å². The lowest BCUT2D eigenvalue weighted by molar-refractivity contribution is 0.145. The van der Waals surface area contributed by atoms with Crippen LogP contribution in [0.25, 0.3) is 0 Å². The highest BCUT2D eigenvalue weighted by molar-refractivity contribution is 5.33. The number of rotatable bonds is 7. The second-order valence-corrected chi connectivity index (χ2v) is 7.66. The zero-order valence-corrected chi connectivity index (χ0v) is 16.1. The molecule has 5 heteroatoms. The van der Waals surface area contributed by atoms with Gasteiger partial charge in [-0.1, -0.05) is 18.2 Å². The molecule has 0 N–H and O–H groups in total. The first-order valence-corrected chi connectivity index (χ1v) is 9.98. The molecule has 2 fully saturated rings. The van der Waals surface area contributed by atoms with E-state index in [1.54, 1.807) is 0 Å². The summed E-state index contributed by atoms with van der Waals surface area (Å²) in [5.74, 6) is 1.19. The Morgan fingerprint density at radius 3 is 2.73 bits per heavy atom. The van der Waals surface area contributed by atoms with E-state index in [1.165, 1.54) is 31.7 Å². The predicted octanol–water partition coefficient (Wildman–Crippen LogP) is 2.44. The number of likely N-dealkylation sites (N-methyl/N-ethyl adjacent to an activating group) is 1. The fourth-order valence-electron chi connectivity index (χ4n) is 3.86. The molecule has 0 saturated carbocycles. The summed E-state index contributed by atoms with van der Waals surface area (Å²) in [7, 11) is 2.19. The van der Waals surface area contributed by atoms with Gasteiger partial charge in [0.1, 0.15) is 5.75 Å². The monoisotopic (exact) mass is 356 g/mol. The third-order valence-corrected chi connectivity index (χ3v) is 5.53. The second kappa shape index (κ2) is 9.91. The lowest BCUT2D eigenvalue weighted by atomic mass is 9.99. The van der Waals surface area contributed by atoms with Crippen molar-refractivity contribution >= 4 is 0 Å². The topological polar surface area (TPSA) is 42.7 Å². The predicted molar refractivity (Wildman–Crippen MR) is 104 cm³/mol. The van der Waals surface area contributed by atoms with Crippen LogP contribution in [0.5, 0.6) is 5.75 Å². The van der Waals surface area contributed by atoms with Crippen LogP contribution in [-0.2, 0) is 6.54 Å². The van der Waals surface area contributed by atoms with Crippen LogP contribution >= 0.6 is 0 Å². The molecule has 2 aliphatic heterocycles. The number of para-hydroxylation sites is 1. The standard InChI is InChI=1S/C21H32N4O/c1-23-11-13-24(14-12-23)10-5-15-26-21-8-3-2-7-20(21)18-25-9-4-6-19(16-22)17-25/h2-3,7-8,19H,4-6,9-15,17-18H2,1H3/t19-/m0/s1. The van der Waals surface area contributed by atoms with Crippen molar-refractivity contribution in [3.63, 3.8) is 0 Å². The number of nitriles is 1. The van der Waals surface area contributed by atoms with Gasteiger partial charge in [-0.25, -0.2) is 0 Å². The highest BCUT2D eigenvalue weighted by atomic mass is 16.5. The van der Waals surface area contributed by atoms with Crippen molar-refractivity contribution in [2.75, 3.05) is 59.5 Å². The van der Waals surface area contributed by atoms with Crippen LogP contribution in [0.1, 0.15) is 24.8 Å². The summed E-state index contributed by atoms with van der Waals surface area (Å²) in [5, 5.41) is 9.19. The highest BCUT2D eigenvalue weighted by Gasteiger charge is 2.20. The lowest BCUT2D eigenvalue weighted by Crippen LogP contribution is -2.44. The van der Waals surface area contributed by atoms with Crippen LogP contribution in [0.4, 0.5) is 0 Å². The van der Waals surface area contributed by atoms with Crippen LogP contribution in [0, 0.1) is 17.2 Å². The van der Waals surface area contributed by atoms with Crippen molar-refractivity contribution < 1.29 is 4.74 Å². The van der Waals surface area contributed by atoms with E-state index in [0.29, 0.717) is 0 Å². The molecule has 0 aromatic heterocycles. The smallest absolute Gasteiger partial charge is 0.123 e. The third-order valence-electron chi connectivity index (χ3n) is 5.53. The maximum Gasteiger partial charge on any atom is 0.123 e. The molecule has 5 nitrogen and oxygen atoms in total. The van der Waals surface area contributed by atoms with E-state index in [1.807, 2.05) is 6.07 Å². The summed E-state index contributed by atoms with van der Waals surface area (Å²) in [6, 6.07) is 10.8. The zero-order valence-electron chi connectivity index (χ0n) is 16.1. The Balaban J connectivity index is 1.44. The van der Waals surface area contributed by atoms with Crippen LogP contribution in [0.3, 0.4) is 0 Å². The number of likely N-dealkylation sites (tertiary alicyclic amines) is 1. The van der Waals surface area contributed by atoms with Gasteiger partial charge in [0, 0.05) is 51.4 Å². The summed E-state index contributed by atoms with van der Waals surface area (Å²) >= 11 is 0. The van der Waals surface area contributed by atoms with Gasteiger partial charge in [-0.05, 0) is 38.9 Å². The Morgan fingerprint density at radius 1 is 1.12 bits per heavy atom. The highest BCUT2D eigenvalue weighted by Crippen LogP contribution is 2.23. The van der Waals surface area contributed by atoms with Gasteiger partial charge in [0.25, 0.3) is 0 Å². The Hall–Kier alpha value is -1.61. The first kappa shape index (κ1) is 19.2. The molecule has 26 heavy (non-hydrogen) atoms. The molecule has 1 aromatic rings. The van der Waals surface area contributed by atoms with E-state index in [9.17, 15) is 5.26 Å². The van der Waals surface area contributed by atoms with Gasteiger partial charge in [0.2, 0.25) is 0 Å². The number of benzene rings is 1. The van der Waals surface area contributed by atoms with Gasteiger partial charge in [-0.3, -0.25) is 4.90 Å². The van der Waals surface area contributed by atoms with Gasteiger partial charge >= 0.3 is 0 Å². The number of ether oxygens (including phenoxy) is 1. The minimum atomic E-state index is 0.181. The molecule has 1 atom stereocenters. The zero-order chi connectivity index (χ0) is 18.2.